The molecule has 0 aromatic carbocycles. The first kappa shape index (κ1) is 16.4. The number of hydrogen-bond acceptors (Lipinski definition) is 4. The number of aliphatic hydroxyl groups excluding tert-OH is 1. The van der Waals surface area contributed by atoms with E-state index in [0.29, 0.717) is 19.6 Å². The highest BCUT2D eigenvalue weighted by Gasteiger charge is 2.38. The van der Waals surface area contributed by atoms with Crippen LogP contribution in [-0.4, -0.2) is 50.5 Å². The lowest BCUT2D eigenvalue weighted by atomic mass is 9.76. The molecule has 1 heterocycles. The first-order chi connectivity index (χ1) is 9.14. The van der Waals surface area contributed by atoms with Crippen molar-refractivity contribution in [2.75, 3.05) is 33.4 Å². The van der Waals surface area contributed by atoms with E-state index in [1.165, 1.54) is 0 Å². The minimum atomic E-state index is -0.503. The molecule has 0 aliphatic carbocycles. The van der Waals surface area contributed by atoms with Gasteiger partial charge in [0.2, 0.25) is 5.91 Å². The van der Waals surface area contributed by atoms with Crippen LogP contribution in [0, 0.1) is 5.41 Å². The summed E-state index contributed by atoms with van der Waals surface area (Å²) in [4.78, 5) is 12.4. The maximum atomic E-state index is 12.4. The first-order valence-corrected chi connectivity index (χ1v) is 7.30. The molecule has 19 heavy (non-hydrogen) atoms. The Labute approximate surface area is 116 Å². The molecule has 1 rings (SSSR count). The van der Waals surface area contributed by atoms with E-state index in [1.807, 2.05) is 0 Å². The van der Waals surface area contributed by atoms with Crippen LogP contribution in [0.25, 0.3) is 0 Å². The summed E-state index contributed by atoms with van der Waals surface area (Å²) in [5.74, 6) is 0.131. The van der Waals surface area contributed by atoms with Gasteiger partial charge in [-0.15, -0.1) is 0 Å². The predicted octanol–water partition coefficient (Wildman–Crippen LogP) is 0.670. The fourth-order valence-electron chi connectivity index (χ4n) is 2.78. The summed E-state index contributed by atoms with van der Waals surface area (Å²) in [7, 11) is 1.56. The SMILES string of the molecule is CCCC1(C(=O)NCCC(O)COC)CCCNC1. The lowest BCUT2D eigenvalue weighted by molar-refractivity contribution is -0.132. The number of ether oxygens (including phenoxy) is 1. The molecule has 0 saturated carbocycles. The lowest BCUT2D eigenvalue weighted by Gasteiger charge is -2.36. The Kier molecular flexibility index (Phi) is 7.34. The van der Waals surface area contributed by atoms with Crippen molar-refractivity contribution >= 4 is 5.91 Å². The topological polar surface area (TPSA) is 70.6 Å². The minimum absolute atomic E-state index is 0.131. The third kappa shape index (κ3) is 5.09. The summed E-state index contributed by atoms with van der Waals surface area (Å²) in [6.45, 7) is 4.72. The van der Waals surface area contributed by atoms with Gasteiger partial charge in [0, 0.05) is 20.2 Å². The van der Waals surface area contributed by atoms with Gasteiger partial charge in [-0.2, -0.15) is 0 Å². The standard InChI is InChI=1S/C14H28N2O3/c1-3-6-14(7-4-8-15-11-14)13(18)16-9-5-12(17)10-19-2/h12,15,17H,3-11H2,1-2H3,(H,16,18). The molecule has 0 aromatic heterocycles. The Balaban J connectivity index is 2.40. The van der Waals surface area contributed by atoms with Gasteiger partial charge in [0.1, 0.15) is 0 Å². The van der Waals surface area contributed by atoms with E-state index in [4.69, 9.17) is 4.74 Å². The predicted molar refractivity (Wildman–Crippen MR) is 75.0 cm³/mol. The number of carbonyl (C=O) groups excluding carboxylic acids is 1. The Bertz CT molecular complexity index is 260. The fraction of sp³-hybridized carbons (Fsp3) is 0.929. The van der Waals surface area contributed by atoms with Crippen LogP contribution in [0.4, 0.5) is 0 Å². The Morgan fingerprint density at radius 1 is 1.58 bits per heavy atom. The average molecular weight is 272 g/mol. The van der Waals surface area contributed by atoms with Crippen molar-refractivity contribution in [1.29, 1.82) is 0 Å². The van der Waals surface area contributed by atoms with Crippen LogP contribution in [0.5, 0.6) is 0 Å². The number of rotatable bonds is 8. The van der Waals surface area contributed by atoms with Gasteiger partial charge in [0.15, 0.2) is 0 Å². The molecule has 5 heteroatoms. The average Bonchev–Trinajstić information content (AvgIpc) is 2.40. The van der Waals surface area contributed by atoms with E-state index < -0.39 is 6.10 Å². The minimum Gasteiger partial charge on any atom is -0.391 e. The van der Waals surface area contributed by atoms with Gasteiger partial charge >= 0.3 is 0 Å². The van der Waals surface area contributed by atoms with Crippen molar-refractivity contribution < 1.29 is 14.6 Å². The van der Waals surface area contributed by atoms with Crippen LogP contribution in [0.3, 0.4) is 0 Å². The highest BCUT2D eigenvalue weighted by molar-refractivity contribution is 5.83. The Morgan fingerprint density at radius 3 is 2.95 bits per heavy atom. The Morgan fingerprint density at radius 2 is 2.37 bits per heavy atom. The molecule has 112 valence electrons. The number of hydrogen-bond donors (Lipinski definition) is 3. The van der Waals surface area contributed by atoms with Crippen molar-refractivity contribution in [3.63, 3.8) is 0 Å². The molecule has 0 bridgehead atoms. The van der Waals surface area contributed by atoms with Crippen molar-refractivity contribution in [2.45, 2.75) is 45.1 Å². The summed E-state index contributed by atoms with van der Waals surface area (Å²) in [5.41, 5.74) is -0.251. The molecule has 0 radical (unpaired) electrons. The van der Waals surface area contributed by atoms with E-state index in [2.05, 4.69) is 17.6 Å². The molecule has 2 atom stereocenters. The van der Waals surface area contributed by atoms with Crippen molar-refractivity contribution in [1.82, 2.24) is 10.6 Å². The molecule has 1 aliphatic rings. The molecule has 5 nitrogen and oxygen atoms in total. The fourth-order valence-corrected chi connectivity index (χ4v) is 2.78. The third-order valence-electron chi connectivity index (χ3n) is 3.80. The largest absolute Gasteiger partial charge is 0.391 e. The highest BCUT2D eigenvalue weighted by Crippen LogP contribution is 2.31. The molecule has 1 saturated heterocycles. The molecule has 0 spiro atoms. The van der Waals surface area contributed by atoms with Crippen molar-refractivity contribution in [3.05, 3.63) is 0 Å². The normalized spacial score (nSPS) is 25.0. The van der Waals surface area contributed by atoms with Crippen LogP contribution in [0.2, 0.25) is 0 Å². The van der Waals surface area contributed by atoms with Gasteiger partial charge in [0.25, 0.3) is 0 Å². The molecule has 3 N–H and O–H groups in total. The zero-order valence-electron chi connectivity index (χ0n) is 12.2. The second-order valence-corrected chi connectivity index (χ2v) is 5.46. The van der Waals surface area contributed by atoms with Gasteiger partial charge in [-0.05, 0) is 32.2 Å². The van der Waals surface area contributed by atoms with E-state index in [1.54, 1.807) is 7.11 Å². The number of aliphatic hydroxyl groups is 1. The quantitative estimate of drug-likeness (QED) is 0.607. The van der Waals surface area contributed by atoms with E-state index in [-0.39, 0.29) is 11.3 Å². The second kappa shape index (κ2) is 8.51. The third-order valence-corrected chi connectivity index (χ3v) is 3.80. The zero-order valence-corrected chi connectivity index (χ0v) is 12.2. The van der Waals surface area contributed by atoms with Gasteiger partial charge in [0.05, 0.1) is 18.1 Å². The van der Waals surface area contributed by atoms with Crippen LogP contribution in [-0.2, 0) is 9.53 Å². The number of methoxy groups -OCH3 is 1. The summed E-state index contributed by atoms with van der Waals surface area (Å²) in [5, 5.41) is 15.9. The Hall–Kier alpha value is -0.650. The smallest absolute Gasteiger partial charge is 0.227 e. The first-order valence-electron chi connectivity index (χ1n) is 7.30. The lowest BCUT2D eigenvalue weighted by Crippen LogP contribution is -2.50. The van der Waals surface area contributed by atoms with Gasteiger partial charge in [-0.1, -0.05) is 13.3 Å². The molecule has 2 unspecified atom stereocenters. The van der Waals surface area contributed by atoms with Gasteiger partial charge < -0.3 is 20.5 Å². The van der Waals surface area contributed by atoms with E-state index in [0.717, 1.165) is 38.8 Å². The van der Waals surface area contributed by atoms with Crippen LogP contribution in [0.1, 0.15) is 39.0 Å². The van der Waals surface area contributed by atoms with Gasteiger partial charge in [-0.3, -0.25) is 4.79 Å². The summed E-state index contributed by atoms with van der Waals surface area (Å²) in [6.07, 6.45) is 3.99. The summed E-state index contributed by atoms with van der Waals surface area (Å²) < 4.78 is 4.86. The number of carbonyl (C=O) groups is 1. The maximum absolute atomic E-state index is 12.4. The van der Waals surface area contributed by atoms with Crippen LogP contribution in [0.15, 0.2) is 0 Å². The van der Waals surface area contributed by atoms with Crippen molar-refractivity contribution in [3.8, 4) is 0 Å². The molecule has 1 aliphatic heterocycles. The number of amides is 1. The molecule has 0 aromatic rings. The van der Waals surface area contributed by atoms with Crippen LogP contribution >= 0.6 is 0 Å². The van der Waals surface area contributed by atoms with Gasteiger partial charge in [-0.25, -0.2) is 0 Å². The van der Waals surface area contributed by atoms with E-state index in [9.17, 15) is 9.90 Å². The van der Waals surface area contributed by atoms with Crippen LogP contribution < -0.4 is 10.6 Å². The summed E-state index contributed by atoms with van der Waals surface area (Å²) >= 11 is 0. The maximum Gasteiger partial charge on any atom is 0.227 e. The molecular weight excluding hydrogens is 244 g/mol. The highest BCUT2D eigenvalue weighted by atomic mass is 16.5. The second-order valence-electron chi connectivity index (χ2n) is 5.46. The molecule has 1 amide bonds. The van der Waals surface area contributed by atoms with E-state index >= 15 is 0 Å². The number of piperidine rings is 1. The van der Waals surface area contributed by atoms with Crippen molar-refractivity contribution in [2.24, 2.45) is 5.41 Å². The summed E-state index contributed by atoms with van der Waals surface area (Å²) in [6, 6.07) is 0. The number of nitrogens with one attached hydrogen (secondary N) is 2. The molecule has 1 fully saturated rings. The molecular formula is C14H28N2O3. The monoisotopic (exact) mass is 272 g/mol. The zero-order chi connectivity index (χ0) is 14.1.